The Morgan fingerprint density at radius 2 is 1.50 bits per heavy atom. The summed E-state index contributed by atoms with van der Waals surface area (Å²) < 4.78 is 78.6. The summed E-state index contributed by atoms with van der Waals surface area (Å²) in [7, 11) is 1.36. The van der Waals surface area contributed by atoms with E-state index >= 15 is 0 Å². The van der Waals surface area contributed by atoms with Crippen molar-refractivity contribution in [3.8, 4) is 23.6 Å². The largest absolute Gasteiger partial charge is 0.497 e. The molecule has 3 amide bonds. The molecule has 3 rings (SSSR count). The SMILES string of the molecule is COc1ccc([C@H](NC(=O)C(Cc2cccc(C#N)c2)Oc2cc(Cl)cc(C#N)c2)C(=O)N[C@H](C(=O)C(F)(F)C(=O)NCC(F)(F)F)C(C)C)cc1. The highest BCUT2D eigenvalue weighted by atomic mass is 35.5. The maximum absolute atomic E-state index is 14.9. The summed E-state index contributed by atoms with van der Waals surface area (Å²) in [5.74, 6) is -12.7. The first-order chi connectivity index (χ1) is 24.4. The topological polar surface area (TPSA) is 170 Å². The number of hydrogen-bond donors (Lipinski definition) is 3. The van der Waals surface area contributed by atoms with E-state index < -0.39 is 66.3 Å². The number of Topliss-reactive ketones (excluding diaryl/α,β-unsaturated/α-hetero) is 1. The number of amides is 3. The first kappa shape index (κ1) is 40.7. The standard InChI is InChI=1S/C35H31ClF5N5O6/c1-19(2)28(30(47)35(40,41)33(50)44-18-34(37,38)39)45-32(49)29(23-7-9-25(51-3)10-8-23)46-31(48)27(14-20-5-4-6-21(11-20)16-42)52-26-13-22(17-43)12-24(36)15-26/h4-13,15,19,27-29H,14,18H2,1-3H3,(H,44,50)(H,45,49)(H,46,48)/t27?,28-,29-/m0/s1. The smallest absolute Gasteiger partial charge is 0.405 e. The second kappa shape index (κ2) is 17.5. The van der Waals surface area contributed by atoms with Crippen LogP contribution in [0.5, 0.6) is 11.5 Å². The van der Waals surface area contributed by atoms with Gasteiger partial charge in [-0.05, 0) is 59.5 Å². The number of nitrogens with zero attached hydrogens (tertiary/aromatic N) is 2. The lowest BCUT2D eigenvalue weighted by atomic mass is 9.94. The van der Waals surface area contributed by atoms with Gasteiger partial charge < -0.3 is 25.4 Å². The van der Waals surface area contributed by atoms with E-state index in [0.29, 0.717) is 11.3 Å². The van der Waals surface area contributed by atoms with Crippen LogP contribution in [0.3, 0.4) is 0 Å². The van der Waals surface area contributed by atoms with E-state index in [2.05, 4.69) is 10.6 Å². The summed E-state index contributed by atoms with van der Waals surface area (Å²) in [6.07, 6.45) is -6.72. The van der Waals surface area contributed by atoms with Crippen molar-refractivity contribution in [2.24, 2.45) is 5.92 Å². The number of methoxy groups -OCH3 is 1. The first-order valence-electron chi connectivity index (χ1n) is 15.3. The molecule has 0 aliphatic carbocycles. The van der Waals surface area contributed by atoms with Gasteiger partial charge in [-0.1, -0.05) is 49.7 Å². The molecule has 0 spiro atoms. The minimum Gasteiger partial charge on any atom is -0.497 e. The molecule has 17 heteroatoms. The van der Waals surface area contributed by atoms with Gasteiger partial charge in [-0.2, -0.15) is 32.5 Å². The van der Waals surface area contributed by atoms with Crippen LogP contribution in [0, 0.1) is 28.6 Å². The van der Waals surface area contributed by atoms with E-state index in [1.807, 2.05) is 12.1 Å². The number of hydrogen-bond acceptors (Lipinski definition) is 8. The minimum absolute atomic E-state index is 0.0115. The normalized spacial score (nSPS) is 13.1. The summed E-state index contributed by atoms with van der Waals surface area (Å²) in [6, 6.07) is 15.7. The van der Waals surface area contributed by atoms with Crippen molar-refractivity contribution in [3.05, 3.63) is 94.0 Å². The number of ketones is 1. The summed E-state index contributed by atoms with van der Waals surface area (Å²) in [4.78, 5) is 52.7. The molecule has 0 aliphatic rings. The van der Waals surface area contributed by atoms with Crippen molar-refractivity contribution < 1.29 is 50.6 Å². The van der Waals surface area contributed by atoms with Crippen LogP contribution in [0.4, 0.5) is 22.0 Å². The van der Waals surface area contributed by atoms with E-state index in [1.165, 1.54) is 75.6 Å². The molecule has 1 unspecified atom stereocenters. The zero-order valence-electron chi connectivity index (χ0n) is 27.7. The van der Waals surface area contributed by atoms with Crippen LogP contribution >= 0.6 is 11.6 Å². The van der Waals surface area contributed by atoms with Gasteiger partial charge in [-0.3, -0.25) is 19.2 Å². The number of benzene rings is 3. The molecule has 274 valence electrons. The molecule has 0 radical (unpaired) electrons. The van der Waals surface area contributed by atoms with Gasteiger partial charge in [0.05, 0.1) is 36.4 Å². The van der Waals surface area contributed by atoms with Crippen molar-refractivity contribution in [2.75, 3.05) is 13.7 Å². The molecule has 11 nitrogen and oxygen atoms in total. The lowest BCUT2D eigenvalue weighted by molar-refractivity contribution is -0.165. The van der Waals surface area contributed by atoms with Crippen LogP contribution in [0.15, 0.2) is 66.7 Å². The van der Waals surface area contributed by atoms with Crippen LogP contribution in [-0.2, 0) is 25.6 Å². The first-order valence-corrected chi connectivity index (χ1v) is 15.6. The molecule has 0 saturated heterocycles. The quantitative estimate of drug-likeness (QED) is 0.145. The van der Waals surface area contributed by atoms with Gasteiger partial charge in [0.25, 0.3) is 11.8 Å². The Kier molecular flexibility index (Phi) is 13.7. The number of nitrogens with one attached hydrogen (secondary N) is 3. The fourth-order valence-electron chi connectivity index (χ4n) is 4.73. The van der Waals surface area contributed by atoms with Crippen LogP contribution in [0.2, 0.25) is 5.02 Å². The van der Waals surface area contributed by atoms with Gasteiger partial charge in [-0.15, -0.1) is 0 Å². The van der Waals surface area contributed by atoms with Crippen molar-refractivity contribution in [2.45, 2.75) is 50.6 Å². The number of ether oxygens (including phenoxy) is 2. The van der Waals surface area contributed by atoms with Crippen molar-refractivity contribution in [1.82, 2.24) is 16.0 Å². The molecule has 3 aromatic carbocycles. The Bertz CT molecular complexity index is 1880. The highest BCUT2D eigenvalue weighted by Crippen LogP contribution is 2.26. The van der Waals surface area contributed by atoms with Gasteiger partial charge in [0, 0.05) is 11.4 Å². The fraction of sp³-hybridized carbons (Fsp3) is 0.314. The molecule has 3 atom stereocenters. The third-order valence-corrected chi connectivity index (χ3v) is 7.56. The molecule has 0 bridgehead atoms. The minimum atomic E-state index is -5.05. The Morgan fingerprint density at radius 1 is 0.846 bits per heavy atom. The van der Waals surface area contributed by atoms with Crippen LogP contribution in [0.1, 0.15) is 42.1 Å². The Balaban J connectivity index is 2.01. The van der Waals surface area contributed by atoms with Crippen molar-refractivity contribution >= 4 is 35.1 Å². The van der Waals surface area contributed by atoms with Gasteiger partial charge in [0.2, 0.25) is 11.7 Å². The monoisotopic (exact) mass is 747 g/mol. The lowest BCUT2D eigenvalue weighted by Crippen LogP contribution is -2.58. The third kappa shape index (κ3) is 11.1. The molecule has 0 saturated carbocycles. The predicted octanol–water partition coefficient (Wildman–Crippen LogP) is 4.96. The maximum atomic E-state index is 14.9. The molecule has 0 fully saturated rings. The summed E-state index contributed by atoms with van der Waals surface area (Å²) >= 11 is 6.12. The Labute approximate surface area is 299 Å². The average Bonchev–Trinajstić information content (AvgIpc) is 3.10. The number of carbonyl (C=O) groups is 4. The van der Waals surface area contributed by atoms with Crippen molar-refractivity contribution in [1.29, 1.82) is 10.5 Å². The van der Waals surface area contributed by atoms with Crippen LogP contribution in [-0.4, -0.2) is 61.4 Å². The van der Waals surface area contributed by atoms with Gasteiger partial charge in [-0.25, -0.2) is 0 Å². The highest BCUT2D eigenvalue weighted by molar-refractivity contribution is 6.30. The molecule has 3 N–H and O–H groups in total. The molecule has 0 heterocycles. The van der Waals surface area contributed by atoms with Crippen LogP contribution < -0.4 is 25.4 Å². The van der Waals surface area contributed by atoms with Crippen molar-refractivity contribution in [3.63, 3.8) is 0 Å². The zero-order chi connectivity index (χ0) is 38.8. The second-order valence-corrected chi connectivity index (χ2v) is 12.0. The maximum Gasteiger partial charge on any atom is 0.405 e. The van der Waals surface area contributed by atoms with E-state index in [0.717, 1.165) is 5.32 Å². The third-order valence-electron chi connectivity index (χ3n) is 7.34. The summed E-state index contributed by atoms with van der Waals surface area (Å²) in [5.41, 5.74) is 0.867. The van der Waals surface area contributed by atoms with E-state index in [9.17, 15) is 51.7 Å². The van der Waals surface area contributed by atoms with Gasteiger partial charge in [0.15, 0.2) is 6.10 Å². The number of rotatable bonds is 15. The second-order valence-electron chi connectivity index (χ2n) is 11.6. The summed E-state index contributed by atoms with van der Waals surface area (Å²) in [5, 5.41) is 24.4. The average molecular weight is 748 g/mol. The molecule has 52 heavy (non-hydrogen) atoms. The summed E-state index contributed by atoms with van der Waals surface area (Å²) in [6.45, 7) is 0.358. The van der Waals surface area contributed by atoms with Gasteiger partial charge in [0.1, 0.15) is 24.1 Å². The molecular weight excluding hydrogens is 717 g/mol. The Hall–Kier alpha value is -5.74. The lowest BCUT2D eigenvalue weighted by Gasteiger charge is -2.28. The molecule has 0 aromatic heterocycles. The van der Waals surface area contributed by atoms with E-state index in [-0.39, 0.29) is 33.9 Å². The number of alkyl halides is 5. The number of carbonyl (C=O) groups excluding carboxylic acids is 4. The molecule has 0 aliphatic heterocycles. The molecule has 3 aromatic rings. The van der Waals surface area contributed by atoms with E-state index in [1.54, 1.807) is 12.1 Å². The molecular formula is C35H31ClF5N5O6. The van der Waals surface area contributed by atoms with E-state index in [4.69, 9.17) is 21.1 Å². The van der Waals surface area contributed by atoms with Crippen LogP contribution in [0.25, 0.3) is 0 Å². The van der Waals surface area contributed by atoms with Gasteiger partial charge >= 0.3 is 12.1 Å². The Morgan fingerprint density at radius 3 is 2.08 bits per heavy atom. The fourth-order valence-corrected chi connectivity index (χ4v) is 4.96. The predicted molar refractivity (Wildman–Crippen MR) is 175 cm³/mol. The number of halogens is 6. The number of nitriles is 2. The zero-order valence-corrected chi connectivity index (χ0v) is 28.4. The highest BCUT2D eigenvalue weighted by Gasteiger charge is 2.52.